The lowest BCUT2D eigenvalue weighted by Crippen LogP contribution is -2.41. The second kappa shape index (κ2) is 15.1. The van der Waals surface area contributed by atoms with E-state index in [1.165, 1.54) is 12.5 Å². The summed E-state index contributed by atoms with van der Waals surface area (Å²) in [4.78, 5) is 24.3. The molecule has 0 spiro atoms. The van der Waals surface area contributed by atoms with Crippen molar-refractivity contribution < 1.29 is 9.59 Å². The Morgan fingerprint density at radius 3 is 2.14 bits per heavy atom. The van der Waals surface area contributed by atoms with Gasteiger partial charge in [0.05, 0.1) is 12.6 Å². The lowest BCUT2D eigenvalue weighted by molar-refractivity contribution is -0.126. The number of nitrogens with zero attached hydrogens (tertiary/aromatic N) is 3. The number of Topliss-reactive ketones (excluding diaryl/α,β-unsaturated/α-hetero) is 1. The smallest absolute Gasteiger partial charge is 0.217 e. The molecule has 122 valence electrons. The van der Waals surface area contributed by atoms with Gasteiger partial charge >= 0.3 is 0 Å². The normalized spacial score (nSPS) is 9.68. The summed E-state index contributed by atoms with van der Waals surface area (Å²) in [6, 6.07) is 9.58. The number of carbonyl (C=O) groups is 2. The number of amides is 1. The van der Waals surface area contributed by atoms with Crippen LogP contribution in [0.15, 0.2) is 35.4 Å². The minimum Gasteiger partial charge on any atom is -0.346 e. The Morgan fingerprint density at radius 1 is 1.27 bits per heavy atom. The van der Waals surface area contributed by atoms with Crippen molar-refractivity contribution in [3.63, 3.8) is 0 Å². The zero-order valence-electron chi connectivity index (χ0n) is 14.0. The first-order valence-corrected chi connectivity index (χ1v) is 7.33. The van der Waals surface area contributed by atoms with E-state index in [2.05, 4.69) is 34.4 Å². The maximum atomic E-state index is 11.2. The monoisotopic (exact) mass is 306 g/mol. The van der Waals surface area contributed by atoms with Crippen LogP contribution in [0.5, 0.6) is 0 Å². The predicted octanol–water partition coefficient (Wildman–Crippen LogP) is 3.80. The van der Waals surface area contributed by atoms with Gasteiger partial charge in [-0.05, 0) is 12.5 Å². The van der Waals surface area contributed by atoms with Crippen LogP contribution in [0, 0.1) is 6.92 Å². The van der Waals surface area contributed by atoms with Gasteiger partial charge in [-0.3, -0.25) is 9.59 Å². The van der Waals surface area contributed by atoms with Gasteiger partial charge in [-0.25, -0.2) is 0 Å². The molecule has 1 unspecified atom stereocenters. The van der Waals surface area contributed by atoms with Crippen molar-refractivity contribution in [1.29, 1.82) is 0 Å². The molecule has 0 aliphatic carbocycles. The minimum absolute atomic E-state index is 0.0250. The molecule has 0 saturated carbocycles. The molecule has 1 aromatic carbocycles. The molecule has 0 aliphatic heterocycles. The van der Waals surface area contributed by atoms with Gasteiger partial charge in [0, 0.05) is 18.3 Å². The number of carbonyl (C=O) groups excluding carboxylic acids is 2. The molecule has 1 amide bonds. The van der Waals surface area contributed by atoms with Crippen LogP contribution in [-0.4, -0.2) is 24.3 Å². The van der Waals surface area contributed by atoms with Crippen molar-refractivity contribution in [2.75, 3.05) is 6.54 Å². The quantitative estimate of drug-likeness (QED) is 0.508. The van der Waals surface area contributed by atoms with E-state index < -0.39 is 6.04 Å². The molecule has 22 heavy (non-hydrogen) atoms. The standard InChI is InChI=1S/C7H12N4O2.C7H8.C2H6/c1-3-7(13)6(4-9-11-8)10-5(2)12;1-7-5-3-2-4-6-7;1-2/h6H,3-4H2,1-2H3,(H,10,12);2-6H,1H3;1-2H3. The number of azide groups is 1. The summed E-state index contributed by atoms with van der Waals surface area (Å²) < 4.78 is 0. The van der Waals surface area contributed by atoms with Crippen LogP contribution in [0.25, 0.3) is 10.4 Å². The molecule has 6 nitrogen and oxygen atoms in total. The number of nitrogens with one attached hydrogen (secondary N) is 1. The number of aryl methyl sites for hydroxylation is 1. The SMILES string of the molecule is CC.CCC(=O)C(CN=[N+]=[N-])NC(C)=O.Cc1ccccc1. The van der Waals surface area contributed by atoms with E-state index in [1.54, 1.807) is 6.92 Å². The molecule has 0 heterocycles. The van der Waals surface area contributed by atoms with E-state index in [0.29, 0.717) is 6.42 Å². The summed E-state index contributed by atoms with van der Waals surface area (Å²) in [5.41, 5.74) is 9.36. The number of hydrogen-bond donors (Lipinski definition) is 1. The molecule has 1 aromatic rings. The maximum absolute atomic E-state index is 11.2. The van der Waals surface area contributed by atoms with Gasteiger partial charge in [-0.15, -0.1) is 0 Å². The second-order valence-electron chi connectivity index (χ2n) is 4.14. The molecule has 0 bridgehead atoms. The highest BCUT2D eigenvalue weighted by atomic mass is 16.2. The Labute approximate surface area is 132 Å². The summed E-state index contributed by atoms with van der Waals surface area (Å²) >= 11 is 0. The molecule has 1 rings (SSSR count). The molecule has 1 N–H and O–H groups in total. The van der Waals surface area contributed by atoms with Gasteiger partial charge in [-0.2, -0.15) is 0 Å². The Hall–Kier alpha value is -2.33. The third-order valence-corrected chi connectivity index (χ3v) is 2.38. The largest absolute Gasteiger partial charge is 0.346 e. The Bertz CT molecular complexity index is 464. The fourth-order valence-corrected chi connectivity index (χ4v) is 1.37. The molecule has 0 saturated heterocycles. The molecule has 0 radical (unpaired) electrons. The predicted molar refractivity (Wildman–Crippen MR) is 89.4 cm³/mol. The van der Waals surface area contributed by atoms with E-state index in [0.717, 1.165) is 0 Å². The van der Waals surface area contributed by atoms with Crippen LogP contribution in [0.1, 0.15) is 39.7 Å². The zero-order valence-corrected chi connectivity index (χ0v) is 14.0. The van der Waals surface area contributed by atoms with Crippen LogP contribution in [0.2, 0.25) is 0 Å². The van der Waals surface area contributed by atoms with E-state index >= 15 is 0 Å². The topological polar surface area (TPSA) is 94.9 Å². The third kappa shape index (κ3) is 12.7. The Morgan fingerprint density at radius 2 is 1.82 bits per heavy atom. The molecule has 1 atom stereocenters. The maximum Gasteiger partial charge on any atom is 0.217 e. The highest BCUT2D eigenvalue weighted by Gasteiger charge is 2.15. The first-order chi connectivity index (χ1) is 10.5. The van der Waals surface area contributed by atoms with Gasteiger partial charge in [0.1, 0.15) is 0 Å². The summed E-state index contributed by atoms with van der Waals surface area (Å²) in [7, 11) is 0. The van der Waals surface area contributed by atoms with Crippen LogP contribution in [0.3, 0.4) is 0 Å². The molecular weight excluding hydrogens is 280 g/mol. The van der Waals surface area contributed by atoms with Crippen molar-refractivity contribution in [2.45, 2.75) is 47.1 Å². The lowest BCUT2D eigenvalue weighted by atomic mass is 10.1. The van der Waals surface area contributed by atoms with Crippen LogP contribution in [0.4, 0.5) is 0 Å². The van der Waals surface area contributed by atoms with Crippen molar-refractivity contribution in [3.8, 4) is 0 Å². The number of benzene rings is 1. The zero-order chi connectivity index (χ0) is 17.4. The average molecular weight is 306 g/mol. The number of ketones is 1. The number of hydrogen-bond acceptors (Lipinski definition) is 3. The summed E-state index contributed by atoms with van der Waals surface area (Å²) in [6.45, 7) is 9.06. The third-order valence-electron chi connectivity index (χ3n) is 2.38. The highest BCUT2D eigenvalue weighted by Crippen LogP contribution is 1.93. The van der Waals surface area contributed by atoms with E-state index in [1.807, 2.05) is 32.0 Å². The van der Waals surface area contributed by atoms with Crippen LogP contribution >= 0.6 is 0 Å². The first kappa shape index (κ1) is 22.0. The number of rotatable bonds is 5. The van der Waals surface area contributed by atoms with E-state index in [9.17, 15) is 9.59 Å². The van der Waals surface area contributed by atoms with Gasteiger partial charge in [0.2, 0.25) is 5.91 Å². The summed E-state index contributed by atoms with van der Waals surface area (Å²) in [5.74, 6) is -0.442. The van der Waals surface area contributed by atoms with Crippen molar-refractivity contribution in [1.82, 2.24) is 5.32 Å². The van der Waals surface area contributed by atoms with Crippen molar-refractivity contribution >= 4 is 11.7 Å². The molecule has 6 heteroatoms. The van der Waals surface area contributed by atoms with Crippen LogP contribution < -0.4 is 5.32 Å². The van der Waals surface area contributed by atoms with Crippen molar-refractivity contribution in [3.05, 3.63) is 46.3 Å². The lowest BCUT2D eigenvalue weighted by Gasteiger charge is -2.12. The van der Waals surface area contributed by atoms with E-state index in [4.69, 9.17) is 5.53 Å². The fraction of sp³-hybridized carbons (Fsp3) is 0.500. The molecule has 0 fully saturated rings. The summed E-state index contributed by atoms with van der Waals surface area (Å²) in [5, 5.41) is 5.65. The highest BCUT2D eigenvalue weighted by molar-refractivity contribution is 5.88. The van der Waals surface area contributed by atoms with Gasteiger partial charge in [-0.1, -0.05) is 61.8 Å². The second-order valence-corrected chi connectivity index (χ2v) is 4.14. The fourth-order valence-electron chi connectivity index (χ4n) is 1.37. The Balaban J connectivity index is 0. The average Bonchev–Trinajstić information content (AvgIpc) is 2.53. The molecular formula is C16H26N4O2. The summed E-state index contributed by atoms with van der Waals surface area (Å²) in [6.07, 6.45) is 0.311. The van der Waals surface area contributed by atoms with Crippen molar-refractivity contribution in [2.24, 2.45) is 5.11 Å². The first-order valence-electron chi connectivity index (χ1n) is 7.33. The van der Waals surface area contributed by atoms with E-state index in [-0.39, 0.29) is 18.2 Å². The molecule has 0 aromatic heterocycles. The van der Waals surface area contributed by atoms with Gasteiger partial charge < -0.3 is 5.32 Å². The van der Waals surface area contributed by atoms with Crippen LogP contribution in [-0.2, 0) is 9.59 Å². The van der Waals surface area contributed by atoms with Gasteiger partial charge in [0.15, 0.2) is 5.78 Å². The Kier molecular flexibility index (Phi) is 15.0. The van der Waals surface area contributed by atoms with Gasteiger partial charge in [0.25, 0.3) is 0 Å². The molecule has 0 aliphatic rings. The minimum atomic E-state index is -0.682.